The van der Waals surface area contributed by atoms with Crippen LogP contribution in [0, 0.1) is 12.8 Å². The van der Waals surface area contributed by atoms with Gasteiger partial charge in [0.25, 0.3) is 5.91 Å². The fourth-order valence-electron chi connectivity index (χ4n) is 4.86. The average molecular weight is 489 g/mol. The Morgan fingerprint density at radius 2 is 2.03 bits per heavy atom. The van der Waals surface area contributed by atoms with E-state index in [1.54, 1.807) is 6.20 Å². The Morgan fingerprint density at radius 3 is 2.79 bits per heavy atom. The van der Waals surface area contributed by atoms with Crippen LogP contribution in [-0.2, 0) is 0 Å². The van der Waals surface area contributed by atoms with Gasteiger partial charge in [-0.1, -0.05) is 24.2 Å². The van der Waals surface area contributed by atoms with E-state index in [9.17, 15) is 4.79 Å². The van der Waals surface area contributed by atoms with Crippen LogP contribution in [-0.4, -0.2) is 82.8 Å². The maximum absolute atomic E-state index is 12.9. The molecular weight excluding hydrogens is 452 g/mol. The van der Waals surface area contributed by atoms with Gasteiger partial charge in [-0.2, -0.15) is 0 Å². The van der Waals surface area contributed by atoms with E-state index in [0.717, 1.165) is 57.7 Å². The SMILES string of the molecule is Cc1nc(Nc2ncc(C(=O)NC3CCCCC3CCN)s2)cc(N2CCN(CCO)CC2)n1. The van der Waals surface area contributed by atoms with Crippen LogP contribution < -0.4 is 21.3 Å². The van der Waals surface area contributed by atoms with Crippen LogP contribution in [0.15, 0.2) is 12.3 Å². The number of piperazine rings is 1. The van der Waals surface area contributed by atoms with Crippen molar-refractivity contribution in [2.75, 3.05) is 56.1 Å². The third kappa shape index (κ3) is 6.41. The number of hydrogen-bond acceptors (Lipinski definition) is 10. The highest BCUT2D eigenvalue weighted by Gasteiger charge is 2.27. The molecule has 2 atom stereocenters. The minimum Gasteiger partial charge on any atom is -0.395 e. The summed E-state index contributed by atoms with van der Waals surface area (Å²) in [6.45, 7) is 6.91. The van der Waals surface area contributed by atoms with E-state index in [0.29, 0.717) is 40.7 Å². The number of aliphatic hydroxyl groups is 1. The van der Waals surface area contributed by atoms with Crippen molar-refractivity contribution in [1.29, 1.82) is 0 Å². The summed E-state index contributed by atoms with van der Waals surface area (Å²) in [4.78, 5) is 31.5. The number of anilines is 3. The molecule has 0 spiro atoms. The molecule has 4 rings (SSSR count). The van der Waals surface area contributed by atoms with Gasteiger partial charge in [0.1, 0.15) is 22.3 Å². The number of aromatic nitrogens is 3. The topological polar surface area (TPSA) is 133 Å². The minimum absolute atomic E-state index is 0.0696. The average Bonchev–Trinajstić information content (AvgIpc) is 3.29. The Balaban J connectivity index is 1.37. The smallest absolute Gasteiger partial charge is 0.263 e. The molecule has 0 radical (unpaired) electrons. The molecule has 3 heterocycles. The van der Waals surface area contributed by atoms with Gasteiger partial charge >= 0.3 is 0 Å². The predicted molar refractivity (Wildman–Crippen MR) is 135 cm³/mol. The van der Waals surface area contributed by atoms with Crippen LogP contribution in [0.25, 0.3) is 0 Å². The number of aryl methyl sites for hydroxylation is 1. The van der Waals surface area contributed by atoms with Crippen LogP contribution in [0.2, 0.25) is 0 Å². The van der Waals surface area contributed by atoms with Crippen molar-refractivity contribution in [2.24, 2.45) is 11.7 Å². The van der Waals surface area contributed by atoms with Crippen LogP contribution in [0.3, 0.4) is 0 Å². The number of thiazole rings is 1. The summed E-state index contributed by atoms with van der Waals surface area (Å²) in [6.07, 6.45) is 7.07. The first kappa shape index (κ1) is 24.8. The fourth-order valence-corrected chi connectivity index (χ4v) is 5.59. The molecule has 34 heavy (non-hydrogen) atoms. The Morgan fingerprint density at radius 1 is 1.24 bits per heavy atom. The van der Waals surface area contributed by atoms with Gasteiger partial charge in [0.05, 0.1) is 12.8 Å². The normalized spacial score (nSPS) is 21.4. The number of hydrogen-bond donors (Lipinski definition) is 4. The number of carbonyl (C=O) groups is 1. The predicted octanol–water partition coefficient (Wildman–Crippen LogP) is 1.74. The lowest BCUT2D eigenvalue weighted by atomic mass is 9.82. The summed E-state index contributed by atoms with van der Waals surface area (Å²) in [7, 11) is 0. The van der Waals surface area contributed by atoms with Crippen LogP contribution in [0.5, 0.6) is 0 Å². The molecule has 2 unspecified atom stereocenters. The molecule has 11 heteroatoms. The quantitative estimate of drug-likeness (QED) is 0.416. The number of amides is 1. The van der Waals surface area contributed by atoms with Gasteiger partial charge in [-0.15, -0.1) is 0 Å². The standard InChI is InChI=1S/C23H36N8O2S/c1-16-26-20(14-21(27-16)31-10-8-30(9-11-31)12-13-32)29-23-25-15-19(34-23)22(33)28-18-5-3-2-4-17(18)6-7-24/h14-15,17-18,32H,2-13,24H2,1H3,(H,28,33)(H,25,26,27,29). The highest BCUT2D eigenvalue weighted by atomic mass is 32.1. The highest BCUT2D eigenvalue weighted by Crippen LogP contribution is 2.28. The van der Waals surface area contributed by atoms with Crippen molar-refractivity contribution < 1.29 is 9.90 Å². The molecule has 2 fully saturated rings. The number of nitrogens with zero attached hydrogens (tertiary/aromatic N) is 5. The Labute approximate surface area is 205 Å². The lowest BCUT2D eigenvalue weighted by Gasteiger charge is -2.35. The zero-order valence-corrected chi connectivity index (χ0v) is 20.7. The van der Waals surface area contributed by atoms with Crippen LogP contribution in [0.1, 0.15) is 47.6 Å². The van der Waals surface area contributed by atoms with Crippen LogP contribution >= 0.6 is 11.3 Å². The van der Waals surface area contributed by atoms with E-state index in [2.05, 4.69) is 35.4 Å². The first-order chi connectivity index (χ1) is 16.6. The van der Waals surface area contributed by atoms with Crippen molar-refractivity contribution in [1.82, 2.24) is 25.2 Å². The molecule has 5 N–H and O–H groups in total. The van der Waals surface area contributed by atoms with E-state index in [1.807, 2.05) is 13.0 Å². The molecule has 2 aromatic heterocycles. The zero-order valence-electron chi connectivity index (χ0n) is 19.9. The lowest BCUT2D eigenvalue weighted by molar-refractivity contribution is 0.0907. The van der Waals surface area contributed by atoms with E-state index >= 15 is 0 Å². The summed E-state index contributed by atoms with van der Waals surface area (Å²) in [5, 5.41) is 16.2. The van der Waals surface area contributed by atoms with Gasteiger partial charge in [0.2, 0.25) is 0 Å². The number of nitrogens with one attached hydrogen (secondary N) is 2. The summed E-state index contributed by atoms with van der Waals surface area (Å²) >= 11 is 1.33. The Hall–Kier alpha value is -2.34. The van der Waals surface area contributed by atoms with Gasteiger partial charge in [0.15, 0.2) is 5.13 Å². The summed E-state index contributed by atoms with van der Waals surface area (Å²) < 4.78 is 0. The number of rotatable bonds is 9. The van der Waals surface area contributed by atoms with Crippen molar-refractivity contribution in [3.05, 3.63) is 23.0 Å². The minimum atomic E-state index is -0.0696. The molecule has 0 bridgehead atoms. The summed E-state index contributed by atoms with van der Waals surface area (Å²) in [5.41, 5.74) is 5.77. The number of β-amino-alcohol motifs (C(OH)–C–C–N with tert-alkyl or cyclic N) is 1. The first-order valence-electron chi connectivity index (χ1n) is 12.2. The van der Waals surface area contributed by atoms with Gasteiger partial charge < -0.3 is 26.4 Å². The third-order valence-corrected chi connectivity index (χ3v) is 7.58. The molecule has 2 aromatic rings. The maximum Gasteiger partial charge on any atom is 0.263 e. The molecule has 2 aliphatic rings. The van der Waals surface area contributed by atoms with Crippen molar-refractivity contribution >= 4 is 34.0 Å². The molecule has 0 aromatic carbocycles. The van der Waals surface area contributed by atoms with Gasteiger partial charge in [-0.05, 0) is 38.6 Å². The number of carbonyl (C=O) groups excluding carboxylic acids is 1. The highest BCUT2D eigenvalue weighted by molar-refractivity contribution is 7.17. The summed E-state index contributed by atoms with van der Waals surface area (Å²) in [5.74, 6) is 2.60. The van der Waals surface area contributed by atoms with Gasteiger partial charge in [-0.25, -0.2) is 15.0 Å². The largest absolute Gasteiger partial charge is 0.395 e. The van der Waals surface area contributed by atoms with E-state index in [4.69, 9.17) is 10.8 Å². The van der Waals surface area contributed by atoms with Crippen LogP contribution in [0.4, 0.5) is 16.8 Å². The van der Waals surface area contributed by atoms with E-state index in [1.165, 1.54) is 17.8 Å². The molecule has 1 saturated carbocycles. The molecular formula is C23H36N8O2S. The second-order valence-corrected chi connectivity index (χ2v) is 10.1. The first-order valence-corrected chi connectivity index (χ1v) is 13.0. The second-order valence-electron chi connectivity index (χ2n) is 9.07. The number of aliphatic hydroxyl groups excluding tert-OH is 1. The van der Waals surface area contributed by atoms with Crippen molar-refractivity contribution in [3.8, 4) is 0 Å². The zero-order chi connectivity index (χ0) is 23.9. The van der Waals surface area contributed by atoms with E-state index in [-0.39, 0.29) is 18.6 Å². The molecule has 1 saturated heterocycles. The third-order valence-electron chi connectivity index (χ3n) is 6.66. The van der Waals surface area contributed by atoms with Crippen molar-refractivity contribution in [3.63, 3.8) is 0 Å². The molecule has 186 valence electrons. The Bertz CT molecular complexity index is 945. The fraction of sp³-hybridized carbons (Fsp3) is 0.652. The Kier molecular flexibility index (Phi) is 8.65. The summed E-state index contributed by atoms with van der Waals surface area (Å²) in [6, 6.07) is 2.11. The van der Waals surface area contributed by atoms with Gasteiger partial charge in [0, 0.05) is 44.8 Å². The number of nitrogens with two attached hydrogens (primary N) is 1. The molecule has 1 aliphatic heterocycles. The lowest BCUT2D eigenvalue weighted by Crippen LogP contribution is -2.47. The molecule has 1 aliphatic carbocycles. The monoisotopic (exact) mass is 488 g/mol. The van der Waals surface area contributed by atoms with Crippen molar-refractivity contribution in [2.45, 2.75) is 45.1 Å². The molecule has 10 nitrogen and oxygen atoms in total. The second kappa shape index (κ2) is 11.9. The maximum atomic E-state index is 12.9. The van der Waals surface area contributed by atoms with Gasteiger partial charge in [-0.3, -0.25) is 9.69 Å². The molecule has 1 amide bonds. The van der Waals surface area contributed by atoms with E-state index < -0.39 is 0 Å².